The SMILES string of the molecule is O=C1NCC(C(=O)NC2C=C(c3cccc(OC(F)(F)F)c3)N(c3ccccc3)N2)CN1. The van der Waals surface area contributed by atoms with Crippen molar-refractivity contribution in [3.05, 3.63) is 66.2 Å². The molecular formula is C21H20F3N5O3. The van der Waals surface area contributed by atoms with Gasteiger partial charge < -0.3 is 20.7 Å². The number of halogens is 3. The normalized spacial score (nSPS) is 19.1. The van der Waals surface area contributed by atoms with Crippen LogP contribution in [0.2, 0.25) is 0 Å². The highest BCUT2D eigenvalue weighted by Crippen LogP contribution is 2.32. The Morgan fingerprint density at radius 1 is 1.06 bits per heavy atom. The molecule has 0 aliphatic carbocycles. The van der Waals surface area contributed by atoms with Gasteiger partial charge in [0.05, 0.1) is 17.3 Å². The van der Waals surface area contributed by atoms with Crippen molar-refractivity contribution in [2.24, 2.45) is 5.92 Å². The largest absolute Gasteiger partial charge is 0.573 e. The van der Waals surface area contributed by atoms with E-state index in [1.54, 1.807) is 17.2 Å². The lowest BCUT2D eigenvalue weighted by Crippen LogP contribution is -2.56. The first-order valence-electron chi connectivity index (χ1n) is 9.80. The van der Waals surface area contributed by atoms with Crippen LogP contribution in [0, 0.1) is 5.92 Å². The summed E-state index contributed by atoms with van der Waals surface area (Å²) in [6.45, 7) is 0.417. The summed E-state index contributed by atoms with van der Waals surface area (Å²) in [7, 11) is 0. The van der Waals surface area contributed by atoms with Gasteiger partial charge in [-0.05, 0) is 30.3 Å². The fourth-order valence-corrected chi connectivity index (χ4v) is 3.44. The minimum absolute atomic E-state index is 0.209. The fourth-order valence-electron chi connectivity index (χ4n) is 3.44. The number of anilines is 1. The van der Waals surface area contributed by atoms with Gasteiger partial charge in [0, 0.05) is 18.7 Å². The molecule has 1 unspecified atom stereocenters. The number of alkyl halides is 3. The van der Waals surface area contributed by atoms with Gasteiger partial charge in [-0.3, -0.25) is 9.80 Å². The topological polar surface area (TPSA) is 94.7 Å². The molecule has 168 valence electrons. The highest BCUT2D eigenvalue weighted by molar-refractivity contribution is 5.86. The average Bonchev–Trinajstić information content (AvgIpc) is 3.17. The van der Waals surface area contributed by atoms with Gasteiger partial charge in [0.1, 0.15) is 11.9 Å². The Hall–Kier alpha value is -3.73. The lowest BCUT2D eigenvalue weighted by atomic mass is 10.1. The lowest BCUT2D eigenvalue weighted by molar-refractivity contribution is -0.274. The van der Waals surface area contributed by atoms with E-state index in [4.69, 9.17) is 0 Å². The molecule has 0 bridgehead atoms. The Balaban J connectivity index is 1.57. The maximum absolute atomic E-state index is 12.7. The first kappa shape index (κ1) is 21.5. The molecule has 2 heterocycles. The van der Waals surface area contributed by atoms with Crippen LogP contribution in [0.4, 0.5) is 23.7 Å². The predicted molar refractivity (Wildman–Crippen MR) is 110 cm³/mol. The quantitative estimate of drug-likeness (QED) is 0.565. The Morgan fingerprint density at radius 2 is 1.78 bits per heavy atom. The zero-order valence-corrected chi connectivity index (χ0v) is 16.6. The first-order valence-corrected chi connectivity index (χ1v) is 9.80. The van der Waals surface area contributed by atoms with Crippen LogP contribution < -0.4 is 31.1 Å². The summed E-state index contributed by atoms with van der Waals surface area (Å²) in [5.74, 6) is -1.09. The second-order valence-corrected chi connectivity index (χ2v) is 7.20. The van der Waals surface area contributed by atoms with Gasteiger partial charge >= 0.3 is 12.4 Å². The van der Waals surface area contributed by atoms with E-state index in [1.807, 2.05) is 30.3 Å². The van der Waals surface area contributed by atoms with Gasteiger partial charge in [-0.1, -0.05) is 30.3 Å². The maximum Gasteiger partial charge on any atom is 0.573 e. The number of hydrogen-bond donors (Lipinski definition) is 4. The van der Waals surface area contributed by atoms with Gasteiger partial charge in [0.25, 0.3) is 0 Å². The molecule has 2 aromatic rings. The number of amides is 3. The number of hydrazine groups is 1. The van der Waals surface area contributed by atoms with Crippen LogP contribution in [0.3, 0.4) is 0 Å². The maximum atomic E-state index is 12.7. The number of ether oxygens (including phenoxy) is 1. The summed E-state index contributed by atoms with van der Waals surface area (Å²) in [5.41, 5.74) is 4.88. The molecule has 1 atom stereocenters. The third-order valence-electron chi connectivity index (χ3n) is 4.90. The number of carbonyl (C=O) groups is 2. The Kier molecular flexibility index (Phi) is 5.91. The molecule has 0 radical (unpaired) electrons. The molecule has 2 aliphatic rings. The van der Waals surface area contributed by atoms with E-state index in [2.05, 4.69) is 26.1 Å². The molecule has 2 aliphatic heterocycles. The Bertz CT molecular complexity index is 1020. The molecule has 11 heteroatoms. The number of nitrogens with zero attached hydrogens (tertiary/aromatic N) is 1. The fraction of sp³-hybridized carbons (Fsp3) is 0.238. The van der Waals surface area contributed by atoms with E-state index in [0.29, 0.717) is 11.3 Å². The van der Waals surface area contributed by atoms with Crippen molar-refractivity contribution in [1.29, 1.82) is 0 Å². The summed E-state index contributed by atoms with van der Waals surface area (Å²) in [5, 5.41) is 9.66. The molecule has 2 aromatic carbocycles. The van der Waals surface area contributed by atoms with Crippen molar-refractivity contribution in [1.82, 2.24) is 21.4 Å². The van der Waals surface area contributed by atoms with Crippen molar-refractivity contribution < 1.29 is 27.5 Å². The molecule has 8 nitrogen and oxygen atoms in total. The smallest absolute Gasteiger partial charge is 0.406 e. The van der Waals surface area contributed by atoms with Crippen molar-refractivity contribution in [2.75, 3.05) is 18.1 Å². The van der Waals surface area contributed by atoms with E-state index in [1.165, 1.54) is 18.2 Å². The van der Waals surface area contributed by atoms with Gasteiger partial charge in [0.2, 0.25) is 5.91 Å². The second-order valence-electron chi connectivity index (χ2n) is 7.20. The zero-order valence-electron chi connectivity index (χ0n) is 16.6. The van der Waals surface area contributed by atoms with Crippen LogP contribution in [0.15, 0.2) is 60.7 Å². The molecule has 1 fully saturated rings. The standard InChI is InChI=1S/C21H20F3N5O3/c22-21(23,24)32-16-8-4-5-13(9-16)17-10-18(28-29(17)15-6-2-1-3-7-15)27-19(30)14-11-25-20(31)26-12-14/h1-10,14,18,28H,11-12H2,(H,27,30)(H2,25,26,31). The molecular weight excluding hydrogens is 427 g/mol. The van der Waals surface area contributed by atoms with Gasteiger partial charge in [-0.2, -0.15) is 0 Å². The molecule has 0 saturated carbocycles. The molecule has 3 amide bonds. The number of benzene rings is 2. The number of nitrogens with one attached hydrogen (secondary N) is 4. The van der Waals surface area contributed by atoms with E-state index < -0.39 is 18.4 Å². The number of carbonyl (C=O) groups excluding carboxylic acids is 2. The minimum Gasteiger partial charge on any atom is -0.406 e. The second kappa shape index (κ2) is 8.79. The van der Waals surface area contributed by atoms with Gasteiger partial charge in [-0.25, -0.2) is 10.2 Å². The Labute approximate surface area is 181 Å². The van der Waals surface area contributed by atoms with Crippen LogP contribution >= 0.6 is 0 Å². The molecule has 4 rings (SSSR count). The van der Waals surface area contributed by atoms with Crippen LogP contribution in [0.1, 0.15) is 5.56 Å². The van der Waals surface area contributed by atoms with E-state index in [0.717, 1.165) is 5.69 Å². The molecule has 1 saturated heterocycles. The molecule has 0 aromatic heterocycles. The van der Waals surface area contributed by atoms with Crippen molar-refractivity contribution >= 4 is 23.3 Å². The van der Waals surface area contributed by atoms with Crippen LogP contribution in [-0.4, -0.2) is 37.6 Å². The summed E-state index contributed by atoms with van der Waals surface area (Å²) >= 11 is 0. The third kappa shape index (κ3) is 5.11. The van der Waals surface area contributed by atoms with Gasteiger partial charge in [0.15, 0.2) is 0 Å². The van der Waals surface area contributed by atoms with Crippen LogP contribution in [0.5, 0.6) is 5.75 Å². The average molecular weight is 447 g/mol. The van der Waals surface area contributed by atoms with E-state index in [9.17, 15) is 22.8 Å². The third-order valence-corrected chi connectivity index (χ3v) is 4.90. The van der Waals surface area contributed by atoms with Crippen molar-refractivity contribution in [3.63, 3.8) is 0 Å². The summed E-state index contributed by atoms with van der Waals surface area (Å²) < 4.78 is 42.0. The number of rotatable bonds is 5. The van der Waals surface area contributed by atoms with Crippen molar-refractivity contribution in [3.8, 4) is 5.75 Å². The monoisotopic (exact) mass is 447 g/mol. The van der Waals surface area contributed by atoms with E-state index >= 15 is 0 Å². The lowest BCUT2D eigenvalue weighted by Gasteiger charge is -2.26. The predicted octanol–water partition coefficient (Wildman–Crippen LogP) is 2.32. The van der Waals surface area contributed by atoms with Crippen LogP contribution in [0.25, 0.3) is 5.70 Å². The minimum atomic E-state index is -4.81. The molecule has 0 spiro atoms. The molecule has 32 heavy (non-hydrogen) atoms. The van der Waals surface area contributed by atoms with Crippen LogP contribution in [-0.2, 0) is 4.79 Å². The molecule has 4 N–H and O–H groups in total. The first-order chi connectivity index (χ1) is 15.3. The summed E-state index contributed by atoms with van der Waals surface area (Å²) in [4.78, 5) is 23.8. The summed E-state index contributed by atoms with van der Waals surface area (Å²) in [6.07, 6.45) is -3.73. The van der Waals surface area contributed by atoms with Gasteiger partial charge in [-0.15, -0.1) is 13.2 Å². The summed E-state index contributed by atoms with van der Waals surface area (Å²) in [6, 6.07) is 14.4. The zero-order chi connectivity index (χ0) is 22.7. The number of urea groups is 1. The van der Waals surface area contributed by atoms with Crippen molar-refractivity contribution in [2.45, 2.75) is 12.5 Å². The number of hydrogen-bond acceptors (Lipinski definition) is 5. The Morgan fingerprint density at radius 3 is 2.47 bits per heavy atom. The number of para-hydroxylation sites is 1. The highest BCUT2D eigenvalue weighted by atomic mass is 19.4. The highest BCUT2D eigenvalue weighted by Gasteiger charge is 2.32. The van der Waals surface area contributed by atoms with E-state index in [-0.39, 0.29) is 30.8 Å².